The molecule has 0 saturated carbocycles. The number of carbonyl (C=O) groups excluding carboxylic acids is 2. The summed E-state index contributed by atoms with van der Waals surface area (Å²) in [4.78, 5) is 31.1. The van der Waals surface area contributed by atoms with Crippen LogP contribution in [0.5, 0.6) is 0 Å². The van der Waals surface area contributed by atoms with E-state index in [2.05, 4.69) is 20.6 Å². The molecule has 0 unspecified atom stereocenters. The second-order valence-electron chi connectivity index (χ2n) is 3.47. The molecule has 16 heavy (non-hydrogen) atoms. The second kappa shape index (κ2) is 4.69. The van der Waals surface area contributed by atoms with Gasteiger partial charge >= 0.3 is 0 Å². The van der Waals surface area contributed by atoms with E-state index in [4.69, 9.17) is 0 Å². The van der Waals surface area contributed by atoms with Crippen molar-refractivity contribution in [2.45, 2.75) is 12.8 Å². The minimum Gasteiger partial charge on any atom is -0.351 e. The van der Waals surface area contributed by atoms with E-state index in [1.165, 1.54) is 12.4 Å². The first-order chi connectivity index (χ1) is 7.79. The molecule has 1 aromatic heterocycles. The zero-order valence-corrected chi connectivity index (χ0v) is 8.69. The molecular weight excluding hydrogens is 208 g/mol. The van der Waals surface area contributed by atoms with Crippen molar-refractivity contribution in [2.75, 3.05) is 13.1 Å². The van der Waals surface area contributed by atoms with Gasteiger partial charge in [-0.1, -0.05) is 0 Å². The summed E-state index contributed by atoms with van der Waals surface area (Å²) in [6.07, 6.45) is 4.47. The molecule has 2 amide bonds. The molecule has 0 atom stereocenters. The van der Waals surface area contributed by atoms with Gasteiger partial charge in [0.2, 0.25) is 0 Å². The molecule has 6 nitrogen and oxygen atoms in total. The molecule has 0 fully saturated rings. The number of fused-ring (bicyclic) bond motifs is 1. The van der Waals surface area contributed by atoms with Gasteiger partial charge in [0, 0.05) is 25.5 Å². The van der Waals surface area contributed by atoms with E-state index in [0.29, 0.717) is 13.1 Å². The summed E-state index contributed by atoms with van der Waals surface area (Å²) in [5.74, 6) is -0.694. The van der Waals surface area contributed by atoms with Gasteiger partial charge in [-0.15, -0.1) is 0 Å². The Morgan fingerprint density at radius 3 is 1.75 bits per heavy atom. The van der Waals surface area contributed by atoms with Crippen LogP contribution in [0.4, 0.5) is 0 Å². The van der Waals surface area contributed by atoms with Crippen LogP contribution < -0.4 is 10.6 Å². The van der Waals surface area contributed by atoms with Crippen LogP contribution in [0, 0.1) is 0 Å². The van der Waals surface area contributed by atoms with Crippen molar-refractivity contribution in [3.05, 3.63) is 23.8 Å². The minimum atomic E-state index is -0.347. The average molecular weight is 220 g/mol. The lowest BCUT2D eigenvalue weighted by molar-refractivity contribution is 0.0905. The zero-order chi connectivity index (χ0) is 11.4. The average Bonchev–Trinajstić information content (AvgIpc) is 2.32. The Morgan fingerprint density at radius 1 is 0.875 bits per heavy atom. The number of nitrogens with zero attached hydrogens (tertiary/aromatic N) is 2. The van der Waals surface area contributed by atoms with Gasteiger partial charge in [0.15, 0.2) is 11.4 Å². The van der Waals surface area contributed by atoms with E-state index in [-0.39, 0.29) is 23.2 Å². The smallest absolute Gasteiger partial charge is 0.272 e. The molecule has 0 aromatic carbocycles. The molecule has 0 spiro atoms. The summed E-state index contributed by atoms with van der Waals surface area (Å²) in [6.45, 7) is 1.18. The number of hydrogen-bond donors (Lipinski definition) is 2. The van der Waals surface area contributed by atoms with Crippen molar-refractivity contribution >= 4 is 11.8 Å². The van der Waals surface area contributed by atoms with Gasteiger partial charge in [-0.2, -0.15) is 0 Å². The number of aromatic nitrogens is 2. The normalized spacial score (nSPS) is 17.0. The highest BCUT2D eigenvalue weighted by Crippen LogP contribution is 2.03. The highest BCUT2D eigenvalue weighted by molar-refractivity contribution is 6.04. The number of rotatable bonds is 0. The quantitative estimate of drug-likeness (QED) is 0.630. The van der Waals surface area contributed by atoms with Gasteiger partial charge in [-0.3, -0.25) is 9.59 Å². The van der Waals surface area contributed by atoms with E-state index < -0.39 is 0 Å². The molecule has 1 aromatic rings. The lowest BCUT2D eigenvalue weighted by Crippen LogP contribution is -2.34. The third-order valence-corrected chi connectivity index (χ3v) is 2.30. The van der Waals surface area contributed by atoms with Crippen LogP contribution in [0.2, 0.25) is 0 Å². The van der Waals surface area contributed by atoms with Gasteiger partial charge in [0.1, 0.15) is 0 Å². The predicted octanol–water partition coefficient (Wildman–Crippen LogP) is -0.270. The topological polar surface area (TPSA) is 84.0 Å². The largest absolute Gasteiger partial charge is 0.351 e. The Morgan fingerprint density at radius 2 is 1.31 bits per heavy atom. The molecule has 1 aliphatic rings. The number of hydrogen-bond acceptors (Lipinski definition) is 4. The Bertz CT molecular complexity index is 380. The lowest BCUT2D eigenvalue weighted by atomic mass is 10.2. The molecule has 2 heterocycles. The van der Waals surface area contributed by atoms with Crippen molar-refractivity contribution < 1.29 is 9.59 Å². The standard InChI is InChI=1S/C10H12N4O2/c15-9-7-8(12-6-5-11-7)10(16)14-4-2-1-3-13-9/h5-6H,1-4H2,(H,13,15)(H,14,16). The van der Waals surface area contributed by atoms with Crippen molar-refractivity contribution in [3.63, 3.8) is 0 Å². The maximum Gasteiger partial charge on any atom is 0.272 e. The molecular formula is C10H12N4O2. The second-order valence-corrected chi connectivity index (χ2v) is 3.47. The van der Waals surface area contributed by atoms with Crippen LogP contribution in [-0.4, -0.2) is 34.9 Å². The summed E-state index contributed by atoms with van der Waals surface area (Å²) in [5.41, 5.74) is 0.170. The first kappa shape index (κ1) is 10.5. The van der Waals surface area contributed by atoms with E-state index >= 15 is 0 Å². The molecule has 0 radical (unpaired) electrons. The third kappa shape index (κ3) is 2.16. The van der Waals surface area contributed by atoms with E-state index in [0.717, 1.165) is 12.8 Å². The number of carbonyl (C=O) groups is 2. The molecule has 2 N–H and O–H groups in total. The van der Waals surface area contributed by atoms with Gasteiger partial charge in [0.25, 0.3) is 11.8 Å². The highest BCUT2D eigenvalue weighted by Gasteiger charge is 2.20. The Labute approximate surface area is 92.5 Å². The lowest BCUT2D eigenvalue weighted by Gasteiger charge is -2.11. The molecule has 84 valence electrons. The first-order valence-electron chi connectivity index (χ1n) is 5.16. The molecule has 0 bridgehead atoms. The van der Waals surface area contributed by atoms with Crippen LogP contribution in [0.25, 0.3) is 0 Å². The summed E-state index contributed by atoms with van der Waals surface area (Å²) in [7, 11) is 0. The minimum absolute atomic E-state index is 0.0851. The van der Waals surface area contributed by atoms with Crippen molar-refractivity contribution in [1.29, 1.82) is 0 Å². The fraction of sp³-hybridized carbons (Fsp3) is 0.400. The maximum atomic E-state index is 11.7. The van der Waals surface area contributed by atoms with Gasteiger partial charge in [-0.05, 0) is 12.8 Å². The number of nitrogens with one attached hydrogen (secondary N) is 2. The molecule has 6 heteroatoms. The Balaban J connectivity index is 2.36. The fourth-order valence-electron chi connectivity index (χ4n) is 1.49. The van der Waals surface area contributed by atoms with E-state index in [9.17, 15) is 9.59 Å². The monoisotopic (exact) mass is 220 g/mol. The summed E-state index contributed by atoms with van der Waals surface area (Å²) in [5, 5.41) is 5.42. The summed E-state index contributed by atoms with van der Waals surface area (Å²) >= 11 is 0. The maximum absolute atomic E-state index is 11.7. The van der Waals surface area contributed by atoms with E-state index in [1.807, 2.05) is 0 Å². The Kier molecular flexibility index (Phi) is 3.09. The van der Waals surface area contributed by atoms with Crippen molar-refractivity contribution in [2.24, 2.45) is 0 Å². The fourth-order valence-corrected chi connectivity index (χ4v) is 1.49. The molecule has 0 saturated heterocycles. The summed E-state index contributed by atoms with van der Waals surface area (Å²) < 4.78 is 0. The molecule has 1 aliphatic heterocycles. The van der Waals surface area contributed by atoms with Crippen molar-refractivity contribution in [1.82, 2.24) is 20.6 Å². The SMILES string of the molecule is O=C1NCCCCNC(=O)c2nccnc21. The van der Waals surface area contributed by atoms with Gasteiger partial charge in [-0.25, -0.2) is 9.97 Å². The van der Waals surface area contributed by atoms with Gasteiger partial charge < -0.3 is 10.6 Å². The number of amides is 2. The van der Waals surface area contributed by atoms with Crippen molar-refractivity contribution in [3.8, 4) is 0 Å². The van der Waals surface area contributed by atoms with E-state index in [1.54, 1.807) is 0 Å². The highest BCUT2D eigenvalue weighted by atomic mass is 16.2. The van der Waals surface area contributed by atoms with Crippen LogP contribution in [0.3, 0.4) is 0 Å². The summed E-state index contributed by atoms with van der Waals surface area (Å²) in [6, 6.07) is 0. The molecule has 2 rings (SSSR count). The van der Waals surface area contributed by atoms with Crippen LogP contribution in [-0.2, 0) is 0 Å². The van der Waals surface area contributed by atoms with Crippen LogP contribution in [0.1, 0.15) is 33.8 Å². The zero-order valence-electron chi connectivity index (χ0n) is 8.69. The van der Waals surface area contributed by atoms with Gasteiger partial charge in [0.05, 0.1) is 0 Å². The Hall–Kier alpha value is -1.98. The third-order valence-electron chi connectivity index (χ3n) is 2.30. The van der Waals surface area contributed by atoms with Crippen LogP contribution >= 0.6 is 0 Å². The molecule has 0 aliphatic carbocycles. The predicted molar refractivity (Wildman–Crippen MR) is 55.9 cm³/mol. The first-order valence-corrected chi connectivity index (χ1v) is 5.16. The van der Waals surface area contributed by atoms with Crippen LogP contribution in [0.15, 0.2) is 12.4 Å².